The first-order valence-electron chi connectivity index (χ1n) is 10.7. The minimum atomic E-state index is -0.00376. The summed E-state index contributed by atoms with van der Waals surface area (Å²) in [7, 11) is 0. The molecule has 5 rings (SSSR count). The van der Waals surface area contributed by atoms with Gasteiger partial charge in [0, 0.05) is 37.1 Å². The van der Waals surface area contributed by atoms with Gasteiger partial charge in [-0.3, -0.25) is 4.79 Å². The van der Waals surface area contributed by atoms with Gasteiger partial charge in [0.15, 0.2) is 11.5 Å². The molecule has 2 aliphatic heterocycles. The van der Waals surface area contributed by atoms with E-state index in [1.54, 1.807) is 12.4 Å². The van der Waals surface area contributed by atoms with E-state index in [1.807, 2.05) is 15.6 Å². The topological polar surface area (TPSA) is 81.7 Å². The molecule has 0 spiro atoms. The first kappa shape index (κ1) is 18.3. The van der Waals surface area contributed by atoms with Gasteiger partial charge in [0.05, 0.1) is 17.8 Å². The standard InChI is InChI=1S/C21H27N7O/c1-14(2)28-19-15(13-23-28)11-16(12-22-19)21(29)26-10-6-7-17(26)20-25-24-18-8-4-3-5-9-27(18)20/h11-14,17H,3-10H2,1-2H3. The zero-order valence-electron chi connectivity index (χ0n) is 17.1. The molecule has 1 fully saturated rings. The molecule has 152 valence electrons. The zero-order valence-corrected chi connectivity index (χ0v) is 17.1. The third-order valence-corrected chi connectivity index (χ3v) is 6.12. The van der Waals surface area contributed by atoms with Gasteiger partial charge in [0.2, 0.25) is 0 Å². The maximum atomic E-state index is 13.4. The Labute approximate surface area is 169 Å². The third-order valence-electron chi connectivity index (χ3n) is 6.12. The van der Waals surface area contributed by atoms with E-state index < -0.39 is 0 Å². The SMILES string of the molecule is CC(C)n1ncc2cc(C(=O)N3CCCC3c3nnc4n3CCCCC4)cnc21. The van der Waals surface area contributed by atoms with Gasteiger partial charge in [-0.2, -0.15) is 5.10 Å². The van der Waals surface area contributed by atoms with Crippen LogP contribution in [0.4, 0.5) is 0 Å². The largest absolute Gasteiger partial charge is 0.328 e. The van der Waals surface area contributed by atoms with Crippen LogP contribution in [-0.4, -0.2) is 46.9 Å². The van der Waals surface area contributed by atoms with Crippen molar-refractivity contribution in [2.45, 2.75) is 71.0 Å². The Bertz CT molecular complexity index is 1050. The quantitative estimate of drug-likeness (QED) is 0.682. The molecule has 29 heavy (non-hydrogen) atoms. The number of hydrogen-bond acceptors (Lipinski definition) is 5. The molecule has 1 saturated heterocycles. The third kappa shape index (κ3) is 3.10. The maximum absolute atomic E-state index is 13.4. The molecule has 0 radical (unpaired) electrons. The van der Waals surface area contributed by atoms with Crippen molar-refractivity contribution in [1.29, 1.82) is 0 Å². The first-order valence-corrected chi connectivity index (χ1v) is 10.7. The van der Waals surface area contributed by atoms with Gasteiger partial charge in [-0.15, -0.1) is 10.2 Å². The summed E-state index contributed by atoms with van der Waals surface area (Å²) in [4.78, 5) is 19.9. The van der Waals surface area contributed by atoms with Crippen molar-refractivity contribution < 1.29 is 4.79 Å². The normalized spacial score (nSPS) is 19.7. The number of hydrogen-bond donors (Lipinski definition) is 0. The Kier molecular flexibility index (Phi) is 4.56. The van der Waals surface area contributed by atoms with Crippen LogP contribution < -0.4 is 0 Å². The van der Waals surface area contributed by atoms with Crippen molar-refractivity contribution in [1.82, 2.24) is 34.4 Å². The molecular formula is C21H27N7O. The summed E-state index contributed by atoms with van der Waals surface area (Å²) >= 11 is 0. The van der Waals surface area contributed by atoms with Crippen molar-refractivity contribution in [2.24, 2.45) is 0 Å². The highest BCUT2D eigenvalue weighted by molar-refractivity contribution is 5.97. The molecule has 0 saturated carbocycles. The Balaban J connectivity index is 1.45. The lowest BCUT2D eigenvalue weighted by atomic mass is 10.1. The summed E-state index contributed by atoms with van der Waals surface area (Å²) in [5, 5.41) is 14.3. The number of fused-ring (bicyclic) bond motifs is 2. The second-order valence-electron chi connectivity index (χ2n) is 8.41. The van der Waals surface area contributed by atoms with Gasteiger partial charge in [0.25, 0.3) is 5.91 Å². The number of aryl methyl sites for hydroxylation is 1. The second kappa shape index (κ2) is 7.24. The summed E-state index contributed by atoms with van der Waals surface area (Å²) in [6.45, 7) is 5.85. The van der Waals surface area contributed by atoms with Crippen LogP contribution in [0.3, 0.4) is 0 Å². The molecule has 3 aromatic rings. The van der Waals surface area contributed by atoms with Crippen LogP contribution in [0.25, 0.3) is 11.0 Å². The lowest BCUT2D eigenvalue weighted by Gasteiger charge is -2.24. The van der Waals surface area contributed by atoms with E-state index in [9.17, 15) is 4.79 Å². The van der Waals surface area contributed by atoms with Gasteiger partial charge >= 0.3 is 0 Å². The van der Waals surface area contributed by atoms with Gasteiger partial charge in [-0.05, 0) is 45.6 Å². The lowest BCUT2D eigenvalue weighted by molar-refractivity contribution is 0.0727. The fourth-order valence-corrected chi connectivity index (χ4v) is 4.63. The second-order valence-corrected chi connectivity index (χ2v) is 8.41. The summed E-state index contributed by atoms with van der Waals surface area (Å²) < 4.78 is 4.14. The van der Waals surface area contributed by atoms with Crippen LogP contribution >= 0.6 is 0 Å². The fourth-order valence-electron chi connectivity index (χ4n) is 4.63. The molecule has 8 heteroatoms. The molecule has 2 aliphatic rings. The molecule has 0 aliphatic carbocycles. The van der Waals surface area contributed by atoms with Gasteiger partial charge < -0.3 is 9.47 Å². The monoisotopic (exact) mass is 393 g/mol. The van der Waals surface area contributed by atoms with Crippen molar-refractivity contribution in [2.75, 3.05) is 6.54 Å². The van der Waals surface area contributed by atoms with Crippen molar-refractivity contribution in [3.8, 4) is 0 Å². The smallest absolute Gasteiger partial charge is 0.256 e. The average molecular weight is 393 g/mol. The predicted octanol–water partition coefficient (Wildman–Crippen LogP) is 3.31. The predicted molar refractivity (Wildman–Crippen MR) is 109 cm³/mol. The fraction of sp³-hybridized carbons (Fsp3) is 0.571. The Morgan fingerprint density at radius 3 is 2.86 bits per heavy atom. The van der Waals surface area contributed by atoms with E-state index >= 15 is 0 Å². The number of rotatable bonds is 3. The number of carbonyl (C=O) groups is 1. The van der Waals surface area contributed by atoms with Crippen LogP contribution in [0.1, 0.15) is 80.0 Å². The number of nitrogens with zero attached hydrogens (tertiary/aromatic N) is 7. The number of aromatic nitrogens is 6. The van der Waals surface area contributed by atoms with Gasteiger partial charge in [0.1, 0.15) is 5.82 Å². The van der Waals surface area contributed by atoms with Gasteiger partial charge in [-0.25, -0.2) is 9.67 Å². The van der Waals surface area contributed by atoms with Gasteiger partial charge in [-0.1, -0.05) is 6.42 Å². The number of pyridine rings is 1. The molecule has 0 bridgehead atoms. The maximum Gasteiger partial charge on any atom is 0.256 e. The lowest BCUT2D eigenvalue weighted by Crippen LogP contribution is -2.32. The van der Waals surface area contributed by atoms with Crippen molar-refractivity contribution >= 4 is 16.9 Å². The van der Waals surface area contributed by atoms with Crippen molar-refractivity contribution in [3.63, 3.8) is 0 Å². The van der Waals surface area contributed by atoms with E-state index in [0.717, 1.165) is 61.5 Å². The molecule has 0 aromatic carbocycles. The molecule has 1 unspecified atom stereocenters. The molecular weight excluding hydrogens is 366 g/mol. The molecule has 0 N–H and O–H groups in total. The summed E-state index contributed by atoms with van der Waals surface area (Å²) in [6.07, 6.45) is 9.93. The van der Waals surface area contributed by atoms with Crippen LogP contribution in [0.5, 0.6) is 0 Å². The molecule has 1 atom stereocenters. The first-order chi connectivity index (χ1) is 14.1. The number of amides is 1. The van der Waals surface area contributed by atoms with E-state index in [0.29, 0.717) is 5.56 Å². The Morgan fingerprint density at radius 1 is 1.10 bits per heavy atom. The summed E-state index contributed by atoms with van der Waals surface area (Å²) in [6, 6.07) is 2.14. The average Bonchev–Trinajstić information content (AvgIpc) is 3.41. The highest BCUT2D eigenvalue weighted by Crippen LogP contribution is 2.33. The van der Waals surface area contributed by atoms with Crippen LogP contribution in [0.15, 0.2) is 18.5 Å². The highest BCUT2D eigenvalue weighted by atomic mass is 16.2. The van der Waals surface area contributed by atoms with E-state index in [2.05, 4.69) is 38.7 Å². The van der Waals surface area contributed by atoms with Crippen LogP contribution in [0.2, 0.25) is 0 Å². The van der Waals surface area contributed by atoms with E-state index in [4.69, 9.17) is 0 Å². The number of likely N-dealkylation sites (tertiary alicyclic amines) is 1. The summed E-state index contributed by atoms with van der Waals surface area (Å²) in [5.74, 6) is 2.04. The van der Waals surface area contributed by atoms with Crippen molar-refractivity contribution in [3.05, 3.63) is 35.7 Å². The Hall–Kier alpha value is -2.77. The van der Waals surface area contributed by atoms with Crippen LogP contribution in [-0.2, 0) is 13.0 Å². The molecule has 1 amide bonds. The molecule has 8 nitrogen and oxygen atoms in total. The highest BCUT2D eigenvalue weighted by Gasteiger charge is 2.35. The molecule has 3 aromatic heterocycles. The molecule has 5 heterocycles. The van der Waals surface area contributed by atoms with E-state index in [1.165, 1.54) is 12.8 Å². The zero-order chi connectivity index (χ0) is 20.0. The Morgan fingerprint density at radius 2 is 2.00 bits per heavy atom. The summed E-state index contributed by atoms with van der Waals surface area (Å²) in [5.41, 5.74) is 1.43. The minimum absolute atomic E-state index is 0.00376. The van der Waals surface area contributed by atoms with Crippen LogP contribution in [0, 0.1) is 0 Å². The number of carbonyl (C=O) groups excluding carboxylic acids is 1. The minimum Gasteiger partial charge on any atom is -0.328 e. The van der Waals surface area contributed by atoms with E-state index in [-0.39, 0.29) is 18.0 Å².